The van der Waals surface area contributed by atoms with Crippen LogP contribution in [0.15, 0.2) is 24.3 Å². The van der Waals surface area contributed by atoms with E-state index in [1.165, 1.54) is 31.2 Å². The van der Waals surface area contributed by atoms with Crippen LogP contribution < -0.4 is 5.73 Å². The molecule has 17 heavy (non-hydrogen) atoms. The minimum atomic E-state index is -0.143. The van der Waals surface area contributed by atoms with Crippen LogP contribution >= 0.6 is 0 Å². The van der Waals surface area contributed by atoms with Crippen molar-refractivity contribution < 1.29 is 4.39 Å². The number of hydrogen-bond donors (Lipinski definition) is 1. The van der Waals surface area contributed by atoms with Gasteiger partial charge in [0.15, 0.2) is 0 Å². The predicted molar refractivity (Wildman–Crippen MR) is 69.2 cm³/mol. The maximum absolute atomic E-state index is 12.8. The van der Waals surface area contributed by atoms with E-state index in [9.17, 15) is 4.39 Å². The third-order valence-electron chi connectivity index (χ3n) is 4.02. The Morgan fingerprint density at radius 3 is 2.35 bits per heavy atom. The molecule has 2 N–H and O–H groups in total. The summed E-state index contributed by atoms with van der Waals surface area (Å²) in [5.41, 5.74) is 6.95. The Labute approximate surface area is 103 Å². The fraction of sp³-hybridized carbons (Fsp3) is 0.600. The van der Waals surface area contributed by atoms with E-state index in [1.807, 2.05) is 12.1 Å². The molecule has 0 spiro atoms. The molecule has 1 fully saturated rings. The zero-order valence-electron chi connectivity index (χ0n) is 10.4. The summed E-state index contributed by atoms with van der Waals surface area (Å²) in [5, 5.41) is 0. The molecule has 0 heterocycles. The van der Waals surface area contributed by atoms with Crippen molar-refractivity contribution in [1.29, 1.82) is 0 Å². The summed E-state index contributed by atoms with van der Waals surface area (Å²) in [4.78, 5) is 0. The smallest absolute Gasteiger partial charge is 0.123 e. The Morgan fingerprint density at radius 1 is 1.06 bits per heavy atom. The summed E-state index contributed by atoms with van der Waals surface area (Å²) in [7, 11) is 0. The van der Waals surface area contributed by atoms with Crippen LogP contribution in [0.5, 0.6) is 0 Å². The van der Waals surface area contributed by atoms with E-state index >= 15 is 0 Å². The summed E-state index contributed by atoms with van der Waals surface area (Å²) in [6.07, 6.45) is 7.55. The Hall–Kier alpha value is -0.890. The highest BCUT2D eigenvalue weighted by atomic mass is 19.1. The minimum Gasteiger partial charge on any atom is -0.330 e. The average Bonchev–Trinajstić information content (AvgIpc) is 2.35. The topological polar surface area (TPSA) is 26.0 Å². The number of rotatable bonds is 4. The fourth-order valence-electron chi connectivity index (χ4n) is 3.07. The van der Waals surface area contributed by atoms with Gasteiger partial charge in [0.2, 0.25) is 0 Å². The zero-order valence-corrected chi connectivity index (χ0v) is 10.4. The first-order chi connectivity index (χ1) is 8.29. The van der Waals surface area contributed by atoms with Crippen LogP contribution in [-0.4, -0.2) is 6.54 Å². The van der Waals surface area contributed by atoms with Crippen LogP contribution in [0.4, 0.5) is 4.39 Å². The van der Waals surface area contributed by atoms with E-state index in [-0.39, 0.29) is 5.82 Å². The molecule has 0 radical (unpaired) electrons. The molecule has 1 aromatic carbocycles. The zero-order chi connectivity index (χ0) is 12.1. The molecule has 2 unspecified atom stereocenters. The minimum absolute atomic E-state index is 0.143. The van der Waals surface area contributed by atoms with Crippen LogP contribution in [0, 0.1) is 17.7 Å². The van der Waals surface area contributed by atoms with Gasteiger partial charge in [-0.15, -0.1) is 0 Å². The maximum atomic E-state index is 12.8. The molecule has 0 bridgehead atoms. The monoisotopic (exact) mass is 235 g/mol. The van der Waals surface area contributed by atoms with Crippen molar-refractivity contribution in [3.8, 4) is 0 Å². The van der Waals surface area contributed by atoms with Gasteiger partial charge in [-0.2, -0.15) is 0 Å². The van der Waals surface area contributed by atoms with E-state index in [0.29, 0.717) is 0 Å². The molecule has 1 aliphatic rings. The molecule has 0 saturated heterocycles. The summed E-state index contributed by atoms with van der Waals surface area (Å²) in [6, 6.07) is 6.97. The van der Waals surface area contributed by atoms with Crippen LogP contribution in [0.25, 0.3) is 0 Å². The molecule has 1 saturated carbocycles. The molecule has 0 aromatic heterocycles. The van der Waals surface area contributed by atoms with Gasteiger partial charge in [-0.05, 0) is 55.3 Å². The van der Waals surface area contributed by atoms with Gasteiger partial charge < -0.3 is 5.73 Å². The van der Waals surface area contributed by atoms with Gasteiger partial charge in [-0.3, -0.25) is 0 Å². The molecular weight excluding hydrogens is 213 g/mol. The van der Waals surface area contributed by atoms with E-state index in [1.54, 1.807) is 12.1 Å². The molecule has 1 nitrogen and oxygen atoms in total. The number of nitrogens with two attached hydrogens (primary N) is 1. The lowest BCUT2D eigenvalue weighted by Gasteiger charge is -2.31. The van der Waals surface area contributed by atoms with Gasteiger partial charge in [-0.1, -0.05) is 31.4 Å². The highest BCUT2D eigenvalue weighted by Gasteiger charge is 2.24. The van der Waals surface area contributed by atoms with Crippen LogP contribution in [0.2, 0.25) is 0 Å². The normalized spacial score (nSPS) is 24.8. The summed E-state index contributed by atoms with van der Waals surface area (Å²) in [6.45, 7) is 0.796. The Morgan fingerprint density at radius 2 is 1.71 bits per heavy atom. The molecule has 2 heteroatoms. The molecule has 2 atom stereocenters. The van der Waals surface area contributed by atoms with Crippen molar-refractivity contribution in [2.24, 2.45) is 17.6 Å². The van der Waals surface area contributed by atoms with Gasteiger partial charge >= 0.3 is 0 Å². The van der Waals surface area contributed by atoms with Crippen molar-refractivity contribution in [1.82, 2.24) is 0 Å². The number of benzene rings is 1. The highest BCUT2D eigenvalue weighted by Crippen LogP contribution is 2.34. The van der Waals surface area contributed by atoms with E-state index in [4.69, 9.17) is 5.73 Å². The van der Waals surface area contributed by atoms with E-state index in [2.05, 4.69) is 0 Å². The van der Waals surface area contributed by atoms with Crippen molar-refractivity contribution in [3.63, 3.8) is 0 Å². The lowest BCUT2D eigenvalue weighted by molar-refractivity contribution is 0.225. The molecular formula is C15H22FN. The predicted octanol–water partition coefficient (Wildman–Crippen LogP) is 3.52. The first kappa shape index (κ1) is 12.6. The average molecular weight is 235 g/mol. The second-order valence-electron chi connectivity index (χ2n) is 5.21. The molecule has 2 rings (SSSR count). The SMILES string of the molecule is NCCC1CCCCC1Cc1ccc(F)cc1. The molecule has 1 aromatic rings. The lowest BCUT2D eigenvalue weighted by Crippen LogP contribution is -2.24. The molecule has 94 valence electrons. The van der Waals surface area contributed by atoms with Crippen molar-refractivity contribution in [2.75, 3.05) is 6.54 Å². The number of halogens is 1. The van der Waals surface area contributed by atoms with Gasteiger partial charge in [0.25, 0.3) is 0 Å². The van der Waals surface area contributed by atoms with Crippen molar-refractivity contribution in [2.45, 2.75) is 38.5 Å². The Balaban J connectivity index is 1.97. The van der Waals surface area contributed by atoms with Crippen LogP contribution in [0.3, 0.4) is 0 Å². The standard InChI is InChI=1S/C15H22FN/c16-15-7-5-12(6-8-15)11-14-4-2-1-3-13(14)9-10-17/h5-8,13-14H,1-4,9-11,17H2. The Bertz CT molecular complexity index is 331. The Kier molecular flexibility index (Phi) is 4.55. The third-order valence-corrected chi connectivity index (χ3v) is 4.02. The second-order valence-corrected chi connectivity index (χ2v) is 5.21. The highest BCUT2D eigenvalue weighted by molar-refractivity contribution is 5.16. The quantitative estimate of drug-likeness (QED) is 0.849. The van der Waals surface area contributed by atoms with Crippen molar-refractivity contribution >= 4 is 0 Å². The molecule has 0 aliphatic heterocycles. The van der Waals surface area contributed by atoms with Gasteiger partial charge in [-0.25, -0.2) is 4.39 Å². The fourth-order valence-corrected chi connectivity index (χ4v) is 3.07. The van der Waals surface area contributed by atoms with Crippen molar-refractivity contribution in [3.05, 3.63) is 35.6 Å². The first-order valence-electron chi connectivity index (χ1n) is 6.74. The van der Waals surface area contributed by atoms with E-state index in [0.717, 1.165) is 31.2 Å². The van der Waals surface area contributed by atoms with Gasteiger partial charge in [0.1, 0.15) is 5.82 Å². The molecule has 0 amide bonds. The number of hydrogen-bond acceptors (Lipinski definition) is 1. The molecule has 1 aliphatic carbocycles. The second kappa shape index (κ2) is 6.15. The summed E-state index contributed by atoms with van der Waals surface area (Å²) < 4.78 is 12.8. The maximum Gasteiger partial charge on any atom is 0.123 e. The van der Waals surface area contributed by atoms with Gasteiger partial charge in [0, 0.05) is 0 Å². The third kappa shape index (κ3) is 3.53. The summed E-state index contributed by atoms with van der Waals surface area (Å²) in [5.74, 6) is 1.38. The van der Waals surface area contributed by atoms with Gasteiger partial charge in [0.05, 0.1) is 0 Å². The summed E-state index contributed by atoms with van der Waals surface area (Å²) >= 11 is 0. The van der Waals surface area contributed by atoms with Crippen LogP contribution in [0.1, 0.15) is 37.7 Å². The van der Waals surface area contributed by atoms with Crippen LogP contribution in [-0.2, 0) is 6.42 Å². The first-order valence-corrected chi connectivity index (χ1v) is 6.74. The van der Waals surface area contributed by atoms with E-state index < -0.39 is 0 Å². The lowest BCUT2D eigenvalue weighted by atomic mass is 9.75. The largest absolute Gasteiger partial charge is 0.330 e.